The fourth-order valence-electron chi connectivity index (χ4n) is 7.22. The van der Waals surface area contributed by atoms with Crippen LogP contribution in [0.15, 0.2) is 24.3 Å². The number of unbranched alkanes of at least 4 members (excludes halogenated alkanes) is 10. The van der Waals surface area contributed by atoms with E-state index in [-0.39, 0.29) is 40.1 Å². The zero-order valence-corrected chi connectivity index (χ0v) is 27.3. The van der Waals surface area contributed by atoms with Crippen LogP contribution in [0.25, 0.3) is 0 Å². The smallest absolute Gasteiger partial charge is 0.550 e. The molecule has 4 rings (SSSR count). The predicted octanol–water partition coefficient (Wildman–Crippen LogP) is 6.14. The third-order valence-corrected chi connectivity index (χ3v) is 9.24. The Hall–Kier alpha value is -0.658. The van der Waals surface area contributed by atoms with E-state index < -0.39 is 11.9 Å². The summed E-state index contributed by atoms with van der Waals surface area (Å²) in [5.41, 5.74) is 0. The van der Waals surface area contributed by atoms with E-state index in [1.54, 1.807) is 0 Å². The molecule has 4 nitrogen and oxygen atoms in total. The monoisotopic (exact) mass is 612 g/mol. The summed E-state index contributed by atoms with van der Waals surface area (Å²) in [6.07, 6.45) is 32.7. The first-order valence-corrected chi connectivity index (χ1v) is 15.3. The van der Waals surface area contributed by atoms with E-state index in [0.717, 1.165) is 61.2 Å². The van der Waals surface area contributed by atoms with Gasteiger partial charge in [0.15, 0.2) is 0 Å². The fraction of sp³-hybridized carbons (Fsp3) is 0.812. The number of allylic oxidation sites excluding steroid dienone is 4. The van der Waals surface area contributed by atoms with Crippen LogP contribution >= 0.6 is 0 Å². The molecule has 5 heteroatoms. The number of rotatable bonds is 18. The van der Waals surface area contributed by atoms with Crippen molar-refractivity contribution >= 4 is 11.9 Å². The van der Waals surface area contributed by atoms with E-state index in [0.29, 0.717) is 0 Å². The first kappa shape index (κ1) is 32.6. The molecule has 0 aromatic carbocycles. The standard InChI is InChI=1S/2C16H26O2.Cd/c2*17-16(18)8-6-4-2-1-3-5-7-14-11-13-9-10-15(14)12-13;/h2*9-10,13-15H,1-8,11-12H2,(H,17,18);/q;;+2/p-2. The third-order valence-electron chi connectivity index (χ3n) is 9.24. The molecular weight excluding hydrogens is 561 g/mol. The molecule has 0 amide bonds. The van der Waals surface area contributed by atoms with Crippen LogP contribution in [0.2, 0.25) is 0 Å². The van der Waals surface area contributed by atoms with Crippen LogP contribution in [0.4, 0.5) is 0 Å². The van der Waals surface area contributed by atoms with Crippen molar-refractivity contribution in [2.75, 3.05) is 0 Å². The molecular formula is C32H50CdO4. The molecule has 0 saturated heterocycles. The van der Waals surface area contributed by atoms with Gasteiger partial charge in [-0.15, -0.1) is 0 Å². The number of carboxylic acids is 2. The van der Waals surface area contributed by atoms with Crippen molar-refractivity contribution in [2.24, 2.45) is 35.5 Å². The Kier molecular flexibility index (Phi) is 16.4. The quantitative estimate of drug-likeness (QED) is 0.106. The van der Waals surface area contributed by atoms with Crippen LogP contribution in [0.3, 0.4) is 0 Å². The molecule has 0 spiro atoms. The first-order valence-electron chi connectivity index (χ1n) is 15.3. The number of fused-ring (bicyclic) bond motifs is 4. The molecule has 0 aromatic rings. The second kappa shape index (κ2) is 18.6. The molecule has 4 aliphatic rings. The van der Waals surface area contributed by atoms with Crippen LogP contribution in [0.1, 0.15) is 128 Å². The summed E-state index contributed by atoms with van der Waals surface area (Å²) in [6.45, 7) is 0. The van der Waals surface area contributed by atoms with Gasteiger partial charge in [-0.25, -0.2) is 0 Å². The van der Waals surface area contributed by atoms with Crippen molar-refractivity contribution in [3.63, 3.8) is 0 Å². The van der Waals surface area contributed by atoms with Crippen molar-refractivity contribution in [1.82, 2.24) is 0 Å². The molecule has 0 aromatic heterocycles. The number of hydrogen-bond acceptors (Lipinski definition) is 4. The molecule has 6 atom stereocenters. The van der Waals surface area contributed by atoms with E-state index in [1.165, 1.54) is 89.9 Å². The minimum Gasteiger partial charge on any atom is -0.550 e. The molecule has 0 N–H and O–H groups in total. The number of hydrogen-bond donors (Lipinski definition) is 0. The number of aliphatic carboxylic acids is 2. The summed E-state index contributed by atoms with van der Waals surface area (Å²) in [7, 11) is 0. The van der Waals surface area contributed by atoms with Crippen molar-refractivity contribution in [3.8, 4) is 0 Å². The Morgan fingerprint density at radius 1 is 0.514 bits per heavy atom. The van der Waals surface area contributed by atoms with Crippen LogP contribution in [-0.4, -0.2) is 11.9 Å². The van der Waals surface area contributed by atoms with Gasteiger partial charge in [0.05, 0.1) is 0 Å². The van der Waals surface area contributed by atoms with Gasteiger partial charge in [0, 0.05) is 11.9 Å². The van der Waals surface area contributed by atoms with Gasteiger partial charge in [0.25, 0.3) is 0 Å². The van der Waals surface area contributed by atoms with Crippen LogP contribution in [0.5, 0.6) is 0 Å². The van der Waals surface area contributed by atoms with Crippen LogP contribution in [0, 0.1) is 35.5 Å². The Labute approximate surface area is 246 Å². The van der Waals surface area contributed by atoms with Gasteiger partial charge in [0.1, 0.15) is 0 Å². The van der Waals surface area contributed by atoms with Crippen LogP contribution < -0.4 is 10.2 Å². The van der Waals surface area contributed by atoms with Gasteiger partial charge in [-0.05, 0) is 99.7 Å². The van der Waals surface area contributed by atoms with E-state index in [4.69, 9.17) is 0 Å². The normalized spacial score (nSPS) is 28.2. The maximum atomic E-state index is 10.2. The molecule has 0 aliphatic heterocycles. The summed E-state index contributed by atoms with van der Waals surface area (Å²) >= 11 is 0. The fourth-order valence-corrected chi connectivity index (χ4v) is 7.22. The Morgan fingerprint density at radius 2 is 0.865 bits per heavy atom. The molecule has 0 radical (unpaired) electrons. The van der Waals surface area contributed by atoms with E-state index in [2.05, 4.69) is 24.3 Å². The number of carbonyl (C=O) groups is 2. The van der Waals surface area contributed by atoms with Crippen molar-refractivity contribution in [1.29, 1.82) is 0 Å². The number of carboxylic acid groups (broad SMARTS) is 2. The SMILES string of the molecule is O=C([O-])CCCCCCCCC1CC2C=CC1C2.O=C([O-])CCCCCCCCC1CC2C=CC1C2.[Cd+2]. The molecule has 2 fully saturated rings. The van der Waals surface area contributed by atoms with E-state index in [1.807, 2.05) is 0 Å². The maximum Gasteiger partial charge on any atom is 2.00 e. The van der Waals surface area contributed by atoms with E-state index in [9.17, 15) is 19.8 Å². The summed E-state index contributed by atoms with van der Waals surface area (Å²) < 4.78 is 0. The minimum absolute atomic E-state index is 0. The van der Waals surface area contributed by atoms with Crippen LogP contribution in [-0.2, 0) is 36.9 Å². The largest absolute Gasteiger partial charge is 2.00 e. The number of carbonyl (C=O) groups excluding carboxylic acids is 2. The summed E-state index contributed by atoms with van der Waals surface area (Å²) in [5, 5.41) is 20.5. The zero-order chi connectivity index (χ0) is 25.6. The Morgan fingerprint density at radius 3 is 1.16 bits per heavy atom. The van der Waals surface area contributed by atoms with Gasteiger partial charge in [-0.2, -0.15) is 0 Å². The van der Waals surface area contributed by atoms with E-state index >= 15 is 0 Å². The zero-order valence-electron chi connectivity index (χ0n) is 23.3. The predicted molar refractivity (Wildman–Crippen MR) is 142 cm³/mol. The molecule has 2 saturated carbocycles. The van der Waals surface area contributed by atoms with Gasteiger partial charge >= 0.3 is 27.3 Å². The molecule has 4 bridgehead atoms. The van der Waals surface area contributed by atoms with Crippen molar-refractivity contribution < 1.29 is 47.1 Å². The molecule has 37 heavy (non-hydrogen) atoms. The molecule has 6 unspecified atom stereocenters. The maximum absolute atomic E-state index is 10.2. The van der Waals surface area contributed by atoms with Gasteiger partial charge < -0.3 is 19.8 Å². The van der Waals surface area contributed by atoms with Gasteiger partial charge in [-0.1, -0.05) is 88.5 Å². The Bertz CT molecular complexity index is 658. The Balaban J connectivity index is 0.000000253. The average molecular weight is 611 g/mol. The summed E-state index contributed by atoms with van der Waals surface area (Å²) in [5.74, 6) is 3.75. The minimum atomic E-state index is -0.903. The second-order valence-electron chi connectivity index (χ2n) is 12.1. The van der Waals surface area contributed by atoms with Crippen molar-refractivity contribution in [2.45, 2.75) is 128 Å². The molecule has 204 valence electrons. The topological polar surface area (TPSA) is 80.3 Å². The van der Waals surface area contributed by atoms with Gasteiger partial charge in [-0.3, -0.25) is 0 Å². The summed E-state index contributed by atoms with van der Waals surface area (Å²) in [6, 6.07) is 0. The first-order chi connectivity index (χ1) is 17.5. The molecule has 0 heterocycles. The molecule has 4 aliphatic carbocycles. The summed E-state index contributed by atoms with van der Waals surface area (Å²) in [4.78, 5) is 20.5. The second-order valence-corrected chi connectivity index (χ2v) is 12.1. The average Bonchev–Trinajstić information content (AvgIpc) is 3.65. The van der Waals surface area contributed by atoms with Gasteiger partial charge in [0.2, 0.25) is 0 Å². The van der Waals surface area contributed by atoms with Crippen molar-refractivity contribution in [3.05, 3.63) is 24.3 Å². The third kappa shape index (κ3) is 12.8.